The van der Waals surface area contributed by atoms with Crippen LogP contribution in [-0.2, 0) is 20.9 Å². The van der Waals surface area contributed by atoms with Crippen molar-refractivity contribution >= 4 is 18.0 Å². The number of hydrogen-bond donors (Lipinski definition) is 3. The Kier molecular flexibility index (Phi) is 6.14. The molecule has 1 aliphatic heterocycles. The SMILES string of the molecule is NC(=O)CN1CC(NC(=O)OCc2ccccc2)CC(C(=O)O)C1. The molecule has 1 fully saturated rings. The third kappa shape index (κ3) is 5.54. The number of nitrogens with zero attached hydrogens (tertiary/aromatic N) is 1. The first-order valence-corrected chi connectivity index (χ1v) is 7.64. The number of nitrogens with two attached hydrogens (primary N) is 1. The number of rotatable bonds is 6. The molecule has 1 aromatic carbocycles. The van der Waals surface area contributed by atoms with Crippen molar-refractivity contribution in [2.45, 2.75) is 19.1 Å². The lowest BCUT2D eigenvalue weighted by Crippen LogP contribution is -2.54. The van der Waals surface area contributed by atoms with Gasteiger partial charge in [-0.15, -0.1) is 0 Å². The smallest absolute Gasteiger partial charge is 0.407 e. The zero-order valence-corrected chi connectivity index (χ0v) is 13.2. The van der Waals surface area contributed by atoms with Crippen LogP contribution in [0, 0.1) is 5.92 Å². The van der Waals surface area contributed by atoms with Crippen LogP contribution in [0.5, 0.6) is 0 Å². The number of ether oxygens (including phenoxy) is 1. The Balaban J connectivity index is 1.87. The summed E-state index contributed by atoms with van der Waals surface area (Å²) in [5.41, 5.74) is 6.02. The van der Waals surface area contributed by atoms with Crippen LogP contribution in [0.3, 0.4) is 0 Å². The van der Waals surface area contributed by atoms with E-state index >= 15 is 0 Å². The van der Waals surface area contributed by atoms with Crippen LogP contribution in [0.25, 0.3) is 0 Å². The maximum absolute atomic E-state index is 11.9. The Bertz CT molecular complexity index is 593. The average molecular weight is 335 g/mol. The van der Waals surface area contributed by atoms with Gasteiger partial charge in [-0.05, 0) is 12.0 Å². The Morgan fingerprint density at radius 3 is 2.58 bits per heavy atom. The van der Waals surface area contributed by atoms with Gasteiger partial charge in [-0.3, -0.25) is 14.5 Å². The van der Waals surface area contributed by atoms with Crippen molar-refractivity contribution in [1.29, 1.82) is 0 Å². The molecule has 0 saturated carbocycles. The normalized spacial score (nSPS) is 21.0. The van der Waals surface area contributed by atoms with E-state index < -0.39 is 29.9 Å². The molecule has 0 bridgehead atoms. The van der Waals surface area contributed by atoms with Crippen molar-refractivity contribution < 1.29 is 24.2 Å². The highest BCUT2D eigenvalue weighted by atomic mass is 16.5. The minimum atomic E-state index is -0.964. The number of carbonyl (C=O) groups excluding carboxylic acids is 2. The zero-order chi connectivity index (χ0) is 17.5. The summed E-state index contributed by atoms with van der Waals surface area (Å²) in [7, 11) is 0. The fourth-order valence-corrected chi connectivity index (χ4v) is 2.75. The Morgan fingerprint density at radius 2 is 1.96 bits per heavy atom. The zero-order valence-electron chi connectivity index (χ0n) is 13.2. The number of carbonyl (C=O) groups is 3. The van der Waals surface area contributed by atoms with Gasteiger partial charge in [0.1, 0.15) is 6.61 Å². The lowest BCUT2D eigenvalue weighted by atomic mass is 9.94. The molecule has 2 amide bonds. The summed E-state index contributed by atoms with van der Waals surface area (Å²) in [5.74, 6) is -2.17. The number of nitrogens with one attached hydrogen (secondary N) is 1. The molecular formula is C16H21N3O5. The molecule has 2 unspecified atom stereocenters. The molecule has 8 heteroatoms. The Hall–Kier alpha value is -2.61. The first-order valence-electron chi connectivity index (χ1n) is 7.64. The molecule has 2 atom stereocenters. The quantitative estimate of drug-likeness (QED) is 0.681. The van der Waals surface area contributed by atoms with Crippen LogP contribution in [0.1, 0.15) is 12.0 Å². The predicted molar refractivity (Wildman–Crippen MR) is 84.9 cm³/mol. The van der Waals surface area contributed by atoms with E-state index in [2.05, 4.69) is 5.32 Å². The molecule has 130 valence electrons. The Labute approximate surface area is 139 Å². The van der Waals surface area contributed by atoms with Gasteiger partial charge >= 0.3 is 12.1 Å². The highest BCUT2D eigenvalue weighted by Gasteiger charge is 2.33. The number of piperidine rings is 1. The van der Waals surface area contributed by atoms with Crippen LogP contribution in [0.4, 0.5) is 4.79 Å². The minimum absolute atomic E-state index is 0.0407. The monoisotopic (exact) mass is 335 g/mol. The molecule has 24 heavy (non-hydrogen) atoms. The van der Waals surface area contributed by atoms with Crippen molar-refractivity contribution in [3.63, 3.8) is 0 Å². The number of aliphatic carboxylic acids is 1. The predicted octanol–water partition coefficient (Wildman–Crippen LogP) is 0.173. The summed E-state index contributed by atoms with van der Waals surface area (Å²) in [6.45, 7) is 0.677. The molecule has 4 N–H and O–H groups in total. The summed E-state index contributed by atoms with van der Waals surface area (Å²) in [6.07, 6.45) is -0.334. The first kappa shape index (κ1) is 17.7. The summed E-state index contributed by atoms with van der Waals surface area (Å²) in [4.78, 5) is 35.8. The van der Waals surface area contributed by atoms with Crippen molar-refractivity contribution in [2.24, 2.45) is 11.7 Å². The van der Waals surface area contributed by atoms with Crippen LogP contribution < -0.4 is 11.1 Å². The van der Waals surface area contributed by atoms with Gasteiger partial charge in [0.25, 0.3) is 0 Å². The molecule has 8 nitrogen and oxygen atoms in total. The molecule has 0 spiro atoms. The second-order valence-electron chi connectivity index (χ2n) is 5.83. The van der Waals surface area contributed by atoms with Crippen LogP contribution in [0.2, 0.25) is 0 Å². The van der Waals surface area contributed by atoms with Gasteiger partial charge in [0.2, 0.25) is 5.91 Å². The van der Waals surface area contributed by atoms with E-state index in [1.807, 2.05) is 30.3 Å². The van der Waals surface area contributed by atoms with Crippen molar-refractivity contribution in [2.75, 3.05) is 19.6 Å². The second-order valence-corrected chi connectivity index (χ2v) is 5.83. The summed E-state index contributed by atoms with van der Waals surface area (Å²) in [6, 6.07) is 8.81. The second kappa shape index (κ2) is 8.30. The number of carboxylic acid groups (broad SMARTS) is 1. The van der Waals surface area contributed by atoms with Gasteiger partial charge in [-0.25, -0.2) is 4.79 Å². The first-order chi connectivity index (χ1) is 11.4. The third-order valence-electron chi connectivity index (χ3n) is 3.79. The highest BCUT2D eigenvalue weighted by molar-refractivity contribution is 5.76. The van der Waals surface area contributed by atoms with Gasteiger partial charge < -0.3 is 20.9 Å². The maximum Gasteiger partial charge on any atom is 0.407 e. The molecule has 1 saturated heterocycles. The standard InChI is InChI=1S/C16H21N3O5/c17-14(20)9-19-7-12(15(21)22)6-13(8-19)18-16(23)24-10-11-4-2-1-3-5-11/h1-5,12-13H,6-10H2,(H2,17,20)(H,18,23)(H,21,22). The van der Waals surface area contributed by atoms with E-state index in [1.165, 1.54) is 0 Å². The molecule has 0 aromatic heterocycles. The highest BCUT2D eigenvalue weighted by Crippen LogP contribution is 2.17. The number of primary amides is 1. The molecular weight excluding hydrogens is 314 g/mol. The van der Waals surface area contributed by atoms with E-state index in [9.17, 15) is 19.5 Å². The summed E-state index contributed by atoms with van der Waals surface area (Å²) in [5, 5.41) is 11.9. The maximum atomic E-state index is 11.9. The third-order valence-corrected chi connectivity index (χ3v) is 3.79. The lowest BCUT2D eigenvalue weighted by Gasteiger charge is -2.35. The minimum Gasteiger partial charge on any atom is -0.481 e. The summed E-state index contributed by atoms with van der Waals surface area (Å²) < 4.78 is 5.14. The van der Waals surface area contributed by atoms with E-state index in [4.69, 9.17) is 10.5 Å². The van der Waals surface area contributed by atoms with Gasteiger partial charge in [0, 0.05) is 19.1 Å². The average Bonchev–Trinajstić information content (AvgIpc) is 2.53. The fraction of sp³-hybridized carbons (Fsp3) is 0.438. The van der Waals surface area contributed by atoms with Crippen molar-refractivity contribution in [3.05, 3.63) is 35.9 Å². The van der Waals surface area contributed by atoms with Crippen LogP contribution >= 0.6 is 0 Å². The molecule has 1 heterocycles. The van der Waals surface area contributed by atoms with Crippen molar-refractivity contribution in [3.8, 4) is 0 Å². The number of amides is 2. The van der Waals surface area contributed by atoms with E-state index in [-0.39, 0.29) is 26.1 Å². The van der Waals surface area contributed by atoms with Crippen LogP contribution in [-0.4, -0.2) is 53.7 Å². The van der Waals surface area contributed by atoms with Gasteiger partial charge in [0.05, 0.1) is 12.5 Å². The molecule has 2 rings (SSSR count). The number of carboxylic acids is 1. The molecule has 0 radical (unpaired) electrons. The number of alkyl carbamates (subject to hydrolysis) is 1. The van der Waals surface area contributed by atoms with E-state index in [1.54, 1.807) is 4.90 Å². The number of hydrogen-bond acceptors (Lipinski definition) is 5. The number of benzene rings is 1. The number of likely N-dealkylation sites (tertiary alicyclic amines) is 1. The van der Waals surface area contributed by atoms with Gasteiger partial charge in [-0.1, -0.05) is 30.3 Å². The van der Waals surface area contributed by atoms with Gasteiger partial charge in [0.15, 0.2) is 0 Å². The van der Waals surface area contributed by atoms with Crippen molar-refractivity contribution in [1.82, 2.24) is 10.2 Å². The molecule has 1 aromatic rings. The van der Waals surface area contributed by atoms with Gasteiger partial charge in [-0.2, -0.15) is 0 Å². The lowest BCUT2D eigenvalue weighted by molar-refractivity contribution is -0.144. The Morgan fingerprint density at radius 1 is 1.25 bits per heavy atom. The van der Waals surface area contributed by atoms with E-state index in [0.29, 0.717) is 6.54 Å². The summed E-state index contributed by atoms with van der Waals surface area (Å²) >= 11 is 0. The largest absolute Gasteiger partial charge is 0.481 e. The molecule has 0 aliphatic carbocycles. The molecule has 1 aliphatic rings. The topological polar surface area (TPSA) is 122 Å². The van der Waals surface area contributed by atoms with E-state index in [0.717, 1.165) is 5.56 Å². The fourth-order valence-electron chi connectivity index (χ4n) is 2.75. The van der Waals surface area contributed by atoms with Crippen LogP contribution in [0.15, 0.2) is 30.3 Å².